The number of unbranched alkanes of at least 4 members (excludes halogenated alkanes) is 2. The van der Waals surface area contributed by atoms with E-state index >= 15 is 0 Å². The van der Waals surface area contributed by atoms with Gasteiger partial charge in [-0.2, -0.15) is 0 Å². The predicted molar refractivity (Wildman–Crippen MR) is 37.3 cm³/mol. The molecular formula is C6H13S+. The highest BCUT2D eigenvalue weighted by Crippen LogP contribution is 2.01. The van der Waals surface area contributed by atoms with Crippen LogP contribution in [0.2, 0.25) is 0 Å². The van der Waals surface area contributed by atoms with Gasteiger partial charge in [0.2, 0.25) is 0 Å². The van der Waals surface area contributed by atoms with Crippen molar-refractivity contribution in [1.82, 2.24) is 0 Å². The van der Waals surface area contributed by atoms with Crippen LogP contribution in [-0.2, 0) is 0 Å². The largest absolute Gasteiger partial charge is 0.128 e. The highest BCUT2D eigenvalue weighted by molar-refractivity contribution is 8.00. The fraction of sp³-hybridized carbons (Fsp3) is 0.833. The summed E-state index contributed by atoms with van der Waals surface area (Å²) in [7, 11) is 0. The van der Waals surface area contributed by atoms with Crippen LogP contribution in [0, 0.1) is 6.26 Å². The molecule has 7 heavy (non-hydrogen) atoms. The van der Waals surface area contributed by atoms with Gasteiger partial charge in [0.15, 0.2) is 0 Å². The van der Waals surface area contributed by atoms with Crippen LogP contribution >= 0.6 is 11.8 Å². The number of hydrogen-bond donors (Lipinski definition) is 0. The summed E-state index contributed by atoms with van der Waals surface area (Å²) in [5.74, 6) is 1.23. The van der Waals surface area contributed by atoms with Crippen molar-refractivity contribution in [2.75, 3.05) is 5.75 Å². The maximum atomic E-state index is 3.67. The zero-order chi connectivity index (χ0) is 5.54. The highest BCUT2D eigenvalue weighted by atomic mass is 32.2. The Balaban J connectivity index is 2.45. The number of rotatable bonds is 4. The van der Waals surface area contributed by atoms with Crippen molar-refractivity contribution in [3.05, 3.63) is 6.26 Å². The molecule has 0 spiro atoms. The van der Waals surface area contributed by atoms with Gasteiger partial charge in [0.25, 0.3) is 0 Å². The maximum absolute atomic E-state index is 3.67. The molecule has 0 fully saturated rings. The van der Waals surface area contributed by atoms with Gasteiger partial charge >= 0.3 is 0 Å². The lowest BCUT2D eigenvalue weighted by atomic mass is 10.3. The first-order valence-corrected chi connectivity index (χ1v) is 3.94. The summed E-state index contributed by atoms with van der Waals surface area (Å²) in [4.78, 5) is 0. The van der Waals surface area contributed by atoms with Crippen molar-refractivity contribution >= 4 is 11.8 Å². The summed E-state index contributed by atoms with van der Waals surface area (Å²) in [5.41, 5.74) is 0. The molecule has 0 aromatic rings. The Morgan fingerprint density at radius 1 is 1.43 bits per heavy atom. The van der Waals surface area contributed by atoms with Crippen LogP contribution in [0.15, 0.2) is 0 Å². The van der Waals surface area contributed by atoms with Gasteiger partial charge in [-0.25, -0.2) is 0 Å². The smallest absolute Gasteiger partial charge is 0.0654 e. The zero-order valence-electron chi connectivity index (χ0n) is 4.94. The molecule has 0 heterocycles. The van der Waals surface area contributed by atoms with Crippen molar-refractivity contribution in [2.24, 2.45) is 0 Å². The van der Waals surface area contributed by atoms with Crippen molar-refractivity contribution in [1.29, 1.82) is 0 Å². The number of hydrogen-bond acceptors (Lipinski definition) is 1. The van der Waals surface area contributed by atoms with Gasteiger partial charge < -0.3 is 0 Å². The summed E-state index contributed by atoms with van der Waals surface area (Å²) in [6.45, 7) is 2.22. The summed E-state index contributed by atoms with van der Waals surface area (Å²) < 4.78 is 0. The predicted octanol–water partition coefficient (Wildman–Crippen LogP) is 2.70. The molecule has 0 nitrogen and oxygen atoms in total. The Kier molecular flexibility index (Phi) is 6.42. The fourth-order valence-electron chi connectivity index (χ4n) is 0.454. The van der Waals surface area contributed by atoms with Crippen LogP contribution < -0.4 is 0 Å². The lowest BCUT2D eigenvalue weighted by molar-refractivity contribution is 0.779. The fourth-order valence-corrected chi connectivity index (χ4v) is 0.862. The van der Waals surface area contributed by atoms with Crippen LogP contribution in [-0.4, -0.2) is 5.75 Å². The molecule has 0 aliphatic rings. The second-order valence-corrected chi connectivity index (χ2v) is 2.43. The van der Waals surface area contributed by atoms with Crippen molar-refractivity contribution in [2.45, 2.75) is 26.2 Å². The molecule has 0 atom stereocenters. The first-order valence-electron chi connectivity index (χ1n) is 2.78. The van der Waals surface area contributed by atoms with Gasteiger partial charge in [-0.3, -0.25) is 0 Å². The molecule has 0 N–H and O–H groups in total. The van der Waals surface area contributed by atoms with E-state index in [0.29, 0.717) is 0 Å². The van der Waals surface area contributed by atoms with Crippen LogP contribution in [0.25, 0.3) is 0 Å². The Labute approximate surface area is 50.7 Å². The standard InChI is InChI=1S/C6H13S/c1-3-4-5-6-7-2/h2-6H2,1H3/q+1. The molecule has 0 aromatic heterocycles. The van der Waals surface area contributed by atoms with E-state index in [0.717, 1.165) is 0 Å². The van der Waals surface area contributed by atoms with E-state index in [4.69, 9.17) is 0 Å². The molecule has 0 amide bonds. The third-order valence-corrected chi connectivity index (χ3v) is 1.47. The minimum absolute atomic E-state index is 1.23. The second kappa shape index (κ2) is 6.22. The van der Waals surface area contributed by atoms with Crippen molar-refractivity contribution in [3.8, 4) is 0 Å². The molecule has 0 rings (SSSR count). The van der Waals surface area contributed by atoms with Gasteiger partial charge in [0.05, 0.1) is 11.8 Å². The lowest BCUT2D eigenvalue weighted by Gasteiger charge is -1.86. The average Bonchev–Trinajstić information content (AvgIpc) is 1.69. The molecule has 42 valence electrons. The van der Waals surface area contributed by atoms with Gasteiger partial charge in [-0.05, 0) is 6.42 Å². The molecule has 1 heteroatoms. The third-order valence-electron chi connectivity index (χ3n) is 0.892. The van der Waals surface area contributed by atoms with Crippen LogP contribution in [0.1, 0.15) is 26.2 Å². The normalized spacial score (nSPS) is 9.29. The number of thioether (sulfide) groups is 1. The van der Waals surface area contributed by atoms with Crippen LogP contribution in [0.4, 0.5) is 0 Å². The van der Waals surface area contributed by atoms with Gasteiger partial charge in [0.1, 0.15) is 6.26 Å². The van der Waals surface area contributed by atoms with E-state index in [1.807, 2.05) is 0 Å². The topological polar surface area (TPSA) is 0 Å². The minimum atomic E-state index is 1.23. The Morgan fingerprint density at radius 2 is 2.14 bits per heavy atom. The summed E-state index contributed by atoms with van der Waals surface area (Å²) in [6, 6.07) is 0. The Hall–Kier alpha value is 0.220. The molecule has 0 unspecified atom stereocenters. The summed E-state index contributed by atoms with van der Waals surface area (Å²) in [6.07, 6.45) is 7.70. The SMILES string of the molecule is [CH2+]SCCCCC. The van der Waals surface area contributed by atoms with Crippen molar-refractivity contribution < 1.29 is 0 Å². The molecule has 0 aliphatic heterocycles. The van der Waals surface area contributed by atoms with E-state index in [9.17, 15) is 0 Å². The first kappa shape index (κ1) is 7.22. The van der Waals surface area contributed by atoms with E-state index < -0.39 is 0 Å². The molecule has 0 aromatic carbocycles. The van der Waals surface area contributed by atoms with E-state index in [-0.39, 0.29) is 0 Å². The van der Waals surface area contributed by atoms with Gasteiger partial charge in [0, 0.05) is 5.75 Å². The zero-order valence-corrected chi connectivity index (χ0v) is 5.76. The van der Waals surface area contributed by atoms with Crippen molar-refractivity contribution in [3.63, 3.8) is 0 Å². The Morgan fingerprint density at radius 3 is 2.57 bits per heavy atom. The lowest BCUT2D eigenvalue weighted by Crippen LogP contribution is -1.74. The van der Waals surface area contributed by atoms with Gasteiger partial charge in [-0.1, -0.05) is 19.8 Å². The van der Waals surface area contributed by atoms with E-state index in [1.165, 1.54) is 25.0 Å². The average molecular weight is 117 g/mol. The second-order valence-electron chi connectivity index (χ2n) is 1.62. The molecule has 0 radical (unpaired) electrons. The molecular weight excluding hydrogens is 104 g/mol. The van der Waals surface area contributed by atoms with Crippen LogP contribution in [0.5, 0.6) is 0 Å². The van der Waals surface area contributed by atoms with Gasteiger partial charge in [-0.15, -0.1) is 0 Å². The van der Waals surface area contributed by atoms with E-state index in [1.54, 1.807) is 11.8 Å². The highest BCUT2D eigenvalue weighted by Gasteiger charge is 1.85. The first-order chi connectivity index (χ1) is 3.41. The quantitative estimate of drug-likeness (QED) is 0.403. The monoisotopic (exact) mass is 117 g/mol. The van der Waals surface area contributed by atoms with E-state index in [2.05, 4.69) is 13.2 Å². The summed E-state index contributed by atoms with van der Waals surface area (Å²) >= 11 is 1.69. The maximum Gasteiger partial charge on any atom is 0.128 e. The Bertz CT molecular complexity index is 23.4. The molecule has 0 bridgehead atoms. The summed E-state index contributed by atoms with van der Waals surface area (Å²) in [5, 5.41) is 0. The molecule has 0 saturated heterocycles. The molecule has 0 saturated carbocycles. The van der Waals surface area contributed by atoms with Crippen LogP contribution in [0.3, 0.4) is 0 Å². The minimum Gasteiger partial charge on any atom is -0.0654 e. The third kappa shape index (κ3) is 6.22. The molecule has 0 aliphatic carbocycles.